The van der Waals surface area contributed by atoms with Gasteiger partial charge in [-0.1, -0.05) is 18.5 Å². The number of benzene rings is 2. The molecular weight excluding hydrogens is 294 g/mol. The zero-order chi connectivity index (χ0) is 16.5. The van der Waals surface area contributed by atoms with Crippen LogP contribution in [0.15, 0.2) is 53.7 Å². The number of carbonyl (C=O) groups is 1. The first-order chi connectivity index (χ1) is 11.2. The molecule has 0 fully saturated rings. The summed E-state index contributed by atoms with van der Waals surface area (Å²) in [6.07, 6.45) is 3.37. The van der Waals surface area contributed by atoms with E-state index < -0.39 is 5.97 Å². The van der Waals surface area contributed by atoms with Gasteiger partial charge in [-0.25, -0.2) is 4.79 Å². The van der Waals surface area contributed by atoms with Crippen molar-refractivity contribution in [3.63, 3.8) is 0 Å². The minimum absolute atomic E-state index is 0.424. The second-order valence-corrected chi connectivity index (χ2v) is 4.93. The van der Waals surface area contributed by atoms with E-state index in [1.54, 1.807) is 48.5 Å². The molecule has 0 heterocycles. The van der Waals surface area contributed by atoms with Gasteiger partial charge in [0.15, 0.2) is 0 Å². The number of hydrogen-bond donors (Lipinski definition) is 1. The monoisotopic (exact) mass is 313 g/mol. The van der Waals surface area contributed by atoms with Crippen molar-refractivity contribution in [3.8, 4) is 11.5 Å². The van der Waals surface area contributed by atoms with Crippen molar-refractivity contribution in [1.82, 2.24) is 0 Å². The predicted molar refractivity (Wildman–Crippen MR) is 87.6 cm³/mol. The SMILES string of the molecule is CCCCOc1ccc(C(=O)Oc2ccc(/C=N/O)cc2)cc1. The maximum absolute atomic E-state index is 12.1. The summed E-state index contributed by atoms with van der Waals surface area (Å²) in [6.45, 7) is 2.77. The molecule has 5 nitrogen and oxygen atoms in total. The van der Waals surface area contributed by atoms with Gasteiger partial charge in [-0.15, -0.1) is 0 Å². The molecule has 0 aromatic heterocycles. The highest BCUT2D eigenvalue weighted by molar-refractivity contribution is 5.91. The van der Waals surface area contributed by atoms with Crippen LogP contribution in [0.1, 0.15) is 35.7 Å². The smallest absolute Gasteiger partial charge is 0.343 e. The largest absolute Gasteiger partial charge is 0.494 e. The maximum atomic E-state index is 12.1. The number of rotatable bonds is 7. The van der Waals surface area contributed by atoms with Crippen molar-refractivity contribution in [2.24, 2.45) is 5.16 Å². The van der Waals surface area contributed by atoms with E-state index in [0.29, 0.717) is 23.5 Å². The van der Waals surface area contributed by atoms with Crippen LogP contribution in [-0.4, -0.2) is 24.0 Å². The van der Waals surface area contributed by atoms with Crippen LogP contribution in [0.4, 0.5) is 0 Å². The number of oxime groups is 1. The molecule has 5 heteroatoms. The predicted octanol–water partition coefficient (Wildman–Crippen LogP) is 3.89. The first-order valence-corrected chi connectivity index (χ1v) is 7.45. The highest BCUT2D eigenvalue weighted by Crippen LogP contribution is 2.16. The van der Waals surface area contributed by atoms with Crippen molar-refractivity contribution in [2.45, 2.75) is 19.8 Å². The van der Waals surface area contributed by atoms with E-state index in [-0.39, 0.29) is 0 Å². The van der Waals surface area contributed by atoms with E-state index in [4.69, 9.17) is 14.7 Å². The molecule has 0 saturated carbocycles. The maximum Gasteiger partial charge on any atom is 0.343 e. The van der Waals surface area contributed by atoms with Crippen molar-refractivity contribution in [2.75, 3.05) is 6.61 Å². The number of esters is 1. The van der Waals surface area contributed by atoms with Crippen LogP contribution in [0.5, 0.6) is 11.5 Å². The van der Waals surface area contributed by atoms with Gasteiger partial charge in [0.1, 0.15) is 11.5 Å². The van der Waals surface area contributed by atoms with E-state index >= 15 is 0 Å². The van der Waals surface area contributed by atoms with Gasteiger partial charge < -0.3 is 14.7 Å². The summed E-state index contributed by atoms with van der Waals surface area (Å²) in [5.74, 6) is 0.727. The molecule has 0 radical (unpaired) electrons. The molecule has 1 N–H and O–H groups in total. The molecule has 2 aromatic rings. The van der Waals surface area contributed by atoms with E-state index in [1.807, 2.05) is 0 Å². The molecule has 0 saturated heterocycles. The Hall–Kier alpha value is -2.82. The molecule has 120 valence electrons. The summed E-state index contributed by atoms with van der Waals surface area (Å²) in [5.41, 5.74) is 1.16. The Labute approximate surface area is 135 Å². The van der Waals surface area contributed by atoms with Gasteiger partial charge in [-0.05, 0) is 60.5 Å². The number of unbranched alkanes of at least 4 members (excludes halogenated alkanes) is 1. The number of ether oxygens (including phenoxy) is 2. The molecule has 0 spiro atoms. The van der Waals surface area contributed by atoms with Gasteiger partial charge in [0.05, 0.1) is 18.4 Å². The Balaban J connectivity index is 1.94. The minimum atomic E-state index is -0.436. The fraction of sp³-hybridized carbons (Fsp3) is 0.222. The Morgan fingerprint density at radius 3 is 2.35 bits per heavy atom. The topological polar surface area (TPSA) is 68.1 Å². The van der Waals surface area contributed by atoms with Crippen LogP contribution in [0.3, 0.4) is 0 Å². The standard InChI is InChI=1S/C18H19NO4/c1-2-3-12-22-16-10-6-15(7-11-16)18(20)23-17-8-4-14(5-9-17)13-19-21/h4-11,13,21H,2-3,12H2,1H3/b19-13+. The van der Waals surface area contributed by atoms with Crippen molar-refractivity contribution < 1.29 is 19.5 Å². The third kappa shape index (κ3) is 5.14. The normalized spacial score (nSPS) is 10.7. The summed E-state index contributed by atoms with van der Waals surface area (Å²) in [4.78, 5) is 12.1. The van der Waals surface area contributed by atoms with E-state index in [1.165, 1.54) is 6.21 Å². The van der Waals surface area contributed by atoms with E-state index in [0.717, 1.165) is 18.6 Å². The Kier molecular flexibility index (Phi) is 6.17. The van der Waals surface area contributed by atoms with E-state index in [9.17, 15) is 4.79 Å². The molecule has 2 aromatic carbocycles. The highest BCUT2D eigenvalue weighted by atomic mass is 16.5. The molecule has 0 atom stereocenters. The Morgan fingerprint density at radius 1 is 1.09 bits per heavy atom. The fourth-order valence-corrected chi connectivity index (χ4v) is 1.88. The number of hydrogen-bond acceptors (Lipinski definition) is 5. The summed E-state index contributed by atoms with van der Waals surface area (Å²) >= 11 is 0. The van der Waals surface area contributed by atoms with Gasteiger partial charge in [-0.2, -0.15) is 0 Å². The second-order valence-electron chi connectivity index (χ2n) is 4.93. The van der Waals surface area contributed by atoms with Crippen molar-refractivity contribution >= 4 is 12.2 Å². The summed E-state index contributed by atoms with van der Waals surface area (Å²) in [6, 6.07) is 13.5. The quantitative estimate of drug-likeness (QED) is 0.210. The average Bonchev–Trinajstić information content (AvgIpc) is 2.58. The summed E-state index contributed by atoms with van der Waals surface area (Å²) in [5, 5.41) is 11.4. The molecule has 0 aliphatic rings. The second kappa shape index (κ2) is 8.58. The van der Waals surface area contributed by atoms with E-state index in [2.05, 4.69) is 12.1 Å². The number of nitrogens with zero attached hydrogens (tertiary/aromatic N) is 1. The molecular formula is C18H19NO4. The minimum Gasteiger partial charge on any atom is -0.494 e. The average molecular weight is 313 g/mol. The summed E-state index contributed by atoms with van der Waals surface area (Å²) < 4.78 is 10.8. The van der Waals surface area contributed by atoms with Crippen LogP contribution in [-0.2, 0) is 0 Å². The van der Waals surface area contributed by atoms with Crippen molar-refractivity contribution in [3.05, 3.63) is 59.7 Å². The van der Waals surface area contributed by atoms with Crippen LogP contribution in [0, 0.1) is 0 Å². The van der Waals surface area contributed by atoms with Crippen molar-refractivity contribution in [1.29, 1.82) is 0 Å². The van der Waals surface area contributed by atoms with Gasteiger partial charge in [0.2, 0.25) is 0 Å². The molecule has 0 amide bonds. The van der Waals surface area contributed by atoms with Crippen LogP contribution in [0.2, 0.25) is 0 Å². The van der Waals surface area contributed by atoms with Gasteiger partial charge >= 0.3 is 5.97 Å². The zero-order valence-corrected chi connectivity index (χ0v) is 12.9. The zero-order valence-electron chi connectivity index (χ0n) is 12.9. The lowest BCUT2D eigenvalue weighted by Crippen LogP contribution is -2.08. The first-order valence-electron chi connectivity index (χ1n) is 7.45. The van der Waals surface area contributed by atoms with Gasteiger partial charge in [-0.3, -0.25) is 0 Å². The lowest BCUT2D eigenvalue weighted by atomic mass is 10.2. The Morgan fingerprint density at radius 2 is 1.74 bits per heavy atom. The third-order valence-electron chi connectivity index (χ3n) is 3.15. The molecule has 0 aliphatic carbocycles. The molecule has 0 aliphatic heterocycles. The molecule has 23 heavy (non-hydrogen) atoms. The number of carbonyl (C=O) groups excluding carboxylic acids is 1. The van der Waals surface area contributed by atoms with Gasteiger partial charge in [0, 0.05) is 0 Å². The highest BCUT2D eigenvalue weighted by Gasteiger charge is 2.08. The fourth-order valence-electron chi connectivity index (χ4n) is 1.88. The third-order valence-corrected chi connectivity index (χ3v) is 3.15. The van der Waals surface area contributed by atoms with Crippen LogP contribution in [0.25, 0.3) is 0 Å². The lowest BCUT2D eigenvalue weighted by molar-refractivity contribution is 0.0734. The van der Waals surface area contributed by atoms with Gasteiger partial charge in [0.25, 0.3) is 0 Å². The first kappa shape index (κ1) is 16.5. The molecule has 2 rings (SSSR count). The van der Waals surface area contributed by atoms with Crippen LogP contribution >= 0.6 is 0 Å². The van der Waals surface area contributed by atoms with Crippen LogP contribution < -0.4 is 9.47 Å². The molecule has 0 unspecified atom stereocenters. The molecule has 0 bridgehead atoms. The lowest BCUT2D eigenvalue weighted by Gasteiger charge is -2.07. The Bertz CT molecular complexity index is 648. The summed E-state index contributed by atoms with van der Waals surface area (Å²) in [7, 11) is 0.